The first kappa shape index (κ1) is 11.3. The highest BCUT2D eigenvalue weighted by Crippen LogP contribution is 2.16. The molecule has 0 saturated heterocycles. The molecule has 0 aliphatic rings. The number of rotatable bonds is 2. The van der Waals surface area contributed by atoms with Gasteiger partial charge >= 0.3 is 0 Å². The zero-order valence-corrected chi connectivity index (χ0v) is 8.83. The van der Waals surface area contributed by atoms with Crippen LogP contribution in [0.15, 0.2) is 28.9 Å². The van der Waals surface area contributed by atoms with Crippen molar-refractivity contribution in [3.63, 3.8) is 0 Å². The predicted molar refractivity (Wildman–Crippen MR) is 55.6 cm³/mol. The van der Waals surface area contributed by atoms with Crippen molar-refractivity contribution < 1.29 is 18.1 Å². The molecule has 1 heterocycles. The van der Waals surface area contributed by atoms with Gasteiger partial charge in [-0.05, 0) is 19.1 Å². The van der Waals surface area contributed by atoms with E-state index in [0.29, 0.717) is 11.8 Å². The van der Waals surface area contributed by atoms with E-state index in [1.807, 2.05) is 0 Å². The number of benzene rings is 1. The SMILES string of the molecule is Cc1oncc1C(=O)Nc1ccc(F)cc1F. The lowest BCUT2D eigenvalue weighted by Crippen LogP contribution is -2.13. The molecular formula is C11H8F2N2O2. The van der Waals surface area contributed by atoms with E-state index in [0.717, 1.165) is 12.1 Å². The number of nitrogens with zero attached hydrogens (tertiary/aromatic N) is 1. The molecule has 0 spiro atoms. The average Bonchev–Trinajstić information content (AvgIpc) is 2.68. The van der Waals surface area contributed by atoms with E-state index in [1.165, 1.54) is 6.20 Å². The van der Waals surface area contributed by atoms with Crippen molar-refractivity contribution in [3.05, 3.63) is 47.4 Å². The smallest absolute Gasteiger partial charge is 0.260 e. The Kier molecular flexibility index (Phi) is 2.86. The van der Waals surface area contributed by atoms with E-state index >= 15 is 0 Å². The first-order valence-electron chi connectivity index (χ1n) is 4.75. The van der Waals surface area contributed by atoms with Gasteiger partial charge < -0.3 is 9.84 Å². The molecule has 0 fully saturated rings. The molecule has 2 rings (SSSR count). The van der Waals surface area contributed by atoms with Gasteiger partial charge in [0.1, 0.15) is 23.0 Å². The summed E-state index contributed by atoms with van der Waals surface area (Å²) in [5.41, 5.74) is 0.103. The van der Waals surface area contributed by atoms with Gasteiger partial charge in [-0.3, -0.25) is 4.79 Å². The predicted octanol–water partition coefficient (Wildman–Crippen LogP) is 2.51. The zero-order chi connectivity index (χ0) is 12.4. The molecule has 0 atom stereocenters. The molecular weight excluding hydrogens is 230 g/mol. The van der Waals surface area contributed by atoms with Crippen LogP contribution in [0.5, 0.6) is 0 Å². The summed E-state index contributed by atoms with van der Waals surface area (Å²) in [6, 6.07) is 2.89. The first-order chi connectivity index (χ1) is 8.08. The van der Waals surface area contributed by atoms with E-state index in [1.54, 1.807) is 6.92 Å². The Bertz CT molecular complexity index is 566. The fourth-order valence-electron chi connectivity index (χ4n) is 1.30. The summed E-state index contributed by atoms with van der Waals surface area (Å²) in [5, 5.41) is 5.73. The second-order valence-electron chi connectivity index (χ2n) is 3.37. The lowest BCUT2D eigenvalue weighted by molar-refractivity contribution is 0.102. The van der Waals surface area contributed by atoms with Crippen molar-refractivity contribution in [2.45, 2.75) is 6.92 Å². The minimum atomic E-state index is -0.840. The number of aromatic nitrogens is 1. The van der Waals surface area contributed by atoms with E-state index in [4.69, 9.17) is 4.52 Å². The molecule has 0 bridgehead atoms. The Morgan fingerprint density at radius 2 is 2.18 bits per heavy atom. The second kappa shape index (κ2) is 4.32. The number of carbonyl (C=O) groups is 1. The normalized spacial score (nSPS) is 10.3. The van der Waals surface area contributed by atoms with Gasteiger partial charge in [0, 0.05) is 6.07 Å². The van der Waals surface area contributed by atoms with E-state index in [9.17, 15) is 13.6 Å². The maximum Gasteiger partial charge on any atom is 0.260 e. The van der Waals surface area contributed by atoms with Crippen molar-refractivity contribution in [2.75, 3.05) is 5.32 Å². The minimum Gasteiger partial charge on any atom is -0.361 e. The van der Waals surface area contributed by atoms with Crippen LogP contribution in [-0.4, -0.2) is 11.1 Å². The number of carbonyl (C=O) groups excluding carboxylic acids is 1. The molecule has 6 heteroatoms. The maximum atomic E-state index is 13.3. The number of amides is 1. The molecule has 0 aliphatic heterocycles. The highest BCUT2D eigenvalue weighted by Gasteiger charge is 2.14. The summed E-state index contributed by atoms with van der Waals surface area (Å²) >= 11 is 0. The van der Waals surface area contributed by atoms with Gasteiger partial charge in [-0.25, -0.2) is 8.78 Å². The summed E-state index contributed by atoms with van der Waals surface area (Å²) in [6.45, 7) is 1.56. The minimum absolute atomic E-state index is 0.1000. The van der Waals surface area contributed by atoms with Crippen molar-refractivity contribution >= 4 is 11.6 Å². The Hall–Kier alpha value is -2.24. The zero-order valence-electron chi connectivity index (χ0n) is 8.83. The maximum absolute atomic E-state index is 13.3. The van der Waals surface area contributed by atoms with Crippen LogP contribution in [0.3, 0.4) is 0 Å². The van der Waals surface area contributed by atoms with Gasteiger partial charge in [-0.1, -0.05) is 5.16 Å². The Morgan fingerprint density at radius 3 is 2.76 bits per heavy atom. The molecule has 1 aromatic heterocycles. The van der Waals surface area contributed by atoms with Crippen LogP contribution in [-0.2, 0) is 0 Å². The van der Waals surface area contributed by atoms with Crippen molar-refractivity contribution in [3.8, 4) is 0 Å². The van der Waals surface area contributed by atoms with Crippen LogP contribution in [0.1, 0.15) is 16.1 Å². The van der Waals surface area contributed by atoms with Gasteiger partial charge in [0.25, 0.3) is 5.91 Å². The van der Waals surface area contributed by atoms with Crippen molar-refractivity contribution in [1.82, 2.24) is 5.16 Å². The number of nitrogens with one attached hydrogen (secondary N) is 1. The molecule has 0 aliphatic carbocycles. The van der Waals surface area contributed by atoms with Gasteiger partial charge in [0.15, 0.2) is 0 Å². The lowest BCUT2D eigenvalue weighted by Gasteiger charge is -2.04. The molecule has 0 unspecified atom stereocenters. The number of halogens is 2. The van der Waals surface area contributed by atoms with Crippen LogP contribution in [0, 0.1) is 18.6 Å². The van der Waals surface area contributed by atoms with Gasteiger partial charge in [-0.2, -0.15) is 0 Å². The van der Waals surface area contributed by atoms with E-state index in [2.05, 4.69) is 10.5 Å². The quantitative estimate of drug-likeness (QED) is 0.874. The third-order valence-corrected chi connectivity index (χ3v) is 2.17. The lowest BCUT2D eigenvalue weighted by atomic mass is 10.2. The molecule has 2 aromatic rings. The molecule has 1 amide bonds. The summed E-state index contributed by atoms with van der Waals surface area (Å²) in [7, 11) is 0. The topological polar surface area (TPSA) is 55.1 Å². The first-order valence-corrected chi connectivity index (χ1v) is 4.75. The number of aryl methyl sites for hydroxylation is 1. The van der Waals surface area contributed by atoms with Crippen LogP contribution >= 0.6 is 0 Å². The third kappa shape index (κ3) is 2.30. The Balaban J connectivity index is 2.22. The average molecular weight is 238 g/mol. The summed E-state index contributed by atoms with van der Waals surface area (Å²) < 4.78 is 30.6. The van der Waals surface area contributed by atoms with Crippen molar-refractivity contribution in [2.24, 2.45) is 0 Å². The molecule has 88 valence electrons. The molecule has 1 N–H and O–H groups in total. The molecule has 0 saturated carbocycles. The van der Waals surface area contributed by atoms with Gasteiger partial charge in [0.2, 0.25) is 0 Å². The molecule has 0 radical (unpaired) electrons. The Morgan fingerprint density at radius 1 is 1.41 bits per heavy atom. The summed E-state index contributed by atoms with van der Waals surface area (Å²) in [4.78, 5) is 11.7. The molecule has 4 nitrogen and oxygen atoms in total. The fraction of sp³-hybridized carbons (Fsp3) is 0.0909. The number of hydrogen-bond acceptors (Lipinski definition) is 3. The van der Waals surface area contributed by atoms with Gasteiger partial charge in [-0.15, -0.1) is 0 Å². The summed E-state index contributed by atoms with van der Waals surface area (Å²) in [6.07, 6.45) is 1.23. The largest absolute Gasteiger partial charge is 0.361 e. The fourth-order valence-corrected chi connectivity index (χ4v) is 1.30. The van der Waals surface area contributed by atoms with E-state index < -0.39 is 17.5 Å². The Labute approximate surface area is 95.2 Å². The number of hydrogen-bond donors (Lipinski definition) is 1. The standard InChI is InChI=1S/C11H8F2N2O2/c1-6-8(5-14-17-6)11(16)15-10-3-2-7(12)4-9(10)13/h2-5H,1H3,(H,15,16). The van der Waals surface area contributed by atoms with Crippen molar-refractivity contribution in [1.29, 1.82) is 0 Å². The molecule has 17 heavy (non-hydrogen) atoms. The van der Waals surface area contributed by atoms with Crippen LogP contribution < -0.4 is 5.32 Å². The highest BCUT2D eigenvalue weighted by molar-refractivity contribution is 6.04. The second-order valence-corrected chi connectivity index (χ2v) is 3.37. The summed E-state index contributed by atoms with van der Waals surface area (Å²) in [5.74, 6) is -1.78. The van der Waals surface area contributed by atoms with Crippen LogP contribution in [0.25, 0.3) is 0 Å². The van der Waals surface area contributed by atoms with E-state index in [-0.39, 0.29) is 11.3 Å². The molecule has 1 aromatic carbocycles. The van der Waals surface area contributed by atoms with Crippen LogP contribution in [0.4, 0.5) is 14.5 Å². The highest BCUT2D eigenvalue weighted by atomic mass is 19.1. The number of anilines is 1. The monoisotopic (exact) mass is 238 g/mol. The van der Waals surface area contributed by atoms with Crippen LogP contribution in [0.2, 0.25) is 0 Å². The van der Waals surface area contributed by atoms with Gasteiger partial charge in [0.05, 0.1) is 11.9 Å². The third-order valence-electron chi connectivity index (χ3n) is 2.17.